The monoisotopic (exact) mass is 308 g/mol. The third-order valence-corrected chi connectivity index (χ3v) is 3.57. The third-order valence-electron chi connectivity index (χ3n) is 3.57. The van der Waals surface area contributed by atoms with Crippen molar-refractivity contribution in [2.24, 2.45) is 11.0 Å². The van der Waals surface area contributed by atoms with E-state index in [4.69, 9.17) is 4.74 Å². The van der Waals surface area contributed by atoms with Crippen LogP contribution >= 0.6 is 0 Å². The number of aliphatic hydroxyl groups excluding tert-OH is 1. The lowest BCUT2D eigenvalue weighted by molar-refractivity contribution is -0.121. The molecule has 1 aliphatic heterocycles. The Balaban J connectivity index is 2.36. The average molecular weight is 308 g/mol. The average Bonchev–Trinajstić information content (AvgIpc) is 2.46. The molecule has 2 unspecified atom stereocenters. The second-order valence-corrected chi connectivity index (χ2v) is 5.55. The molecule has 0 spiro atoms. The van der Waals surface area contributed by atoms with Crippen LogP contribution in [0.3, 0.4) is 0 Å². The molecular formula is C16H21FN2O3. The minimum absolute atomic E-state index is 0.110. The summed E-state index contributed by atoms with van der Waals surface area (Å²) in [5.41, 5.74) is 3.77. The van der Waals surface area contributed by atoms with Crippen LogP contribution in [-0.4, -0.2) is 29.4 Å². The normalized spacial score (nSPS) is 19.4. The van der Waals surface area contributed by atoms with Gasteiger partial charge in [0.05, 0.1) is 11.8 Å². The van der Waals surface area contributed by atoms with Gasteiger partial charge in [0.25, 0.3) is 0 Å². The molecule has 1 aromatic carbocycles. The highest BCUT2D eigenvalue weighted by Gasteiger charge is 2.25. The minimum atomic E-state index is -0.620. The molecule has 0 aliphatic carbocycles. The Morgan fingerprint density at radius 3 is 2.86 bits per heavy atom. The van der Waals surface area contributed by atoms with E-state index in [1.807, 2.05) is 13.8 Å². The van der Waals surface area contributed by atoms with Gasteiger partial charge in [-0.2, -0.15) is 5.10 Å². The van der Waals surface area contributed by atoms with E-state index in [1.54, 1.807) is 19.1 Å². The fourth-order valence-corrected chi connectivity index (χ4v) is 2.46. The number of carbonyl (C=O) groups is 1. The van der Waals surface area contributed by atoms with E-state index in [0.717, 1.165) is 0 Å². The van der Waals surface area contributed by atoms with Gasteiger partial charge in [-0.25, -0.2) is 9.82 Å². The molecule has 0 saturated carbocycles. The zero-order chi connectivity index (χ0) is 16.3. The van der Waals surface area contributed by atoms with Gasteiger partial charge in [-0.3, -0.25) is 4.79 Å². The van der Waals surface area contributed by atoms with E-state index in [-0.39, 0.29) is 24.2 Å². The number of amides is 1. The summed E-state index contributed by atoms with van der Waals surface area (Å²) >= 11 is 0. The zero-order valence-electron chi connectivity index (χ0n) is 13.0. The van der Waals surface area contributed by atoms with Crippen LogP contribution in [0.25, 0.3) is 0 Å². The van der Waals surface area contributed by atoms with Crippen molar-refractivity contribution in [3.05, 3.63) is 29.1 Å². The molecule has 5 nitrogen and oxygen atoms in total. The molecule has 1 heterocycles. The number of carbonyl (C=O) groups excluding carboxylic acids is 1. The van der Waals surface area contributed by atoms with Gasteiger partial charge in [0.2, 0.25) is 5.91 Å². The third kappa shape index (κ3) is 3.44. The Kier molecular flexibility index (Phi) is 5.13. The fourth-order valence-electron chi connectivity index (χ4n) is 2.46. The van der Waals surface area contributed by atoms with Crippen LogP contribution in [0.1, 0.15) is 38.3 Å². The highest BCUT2D eigenvalue weighted by Crippen LogP contribution is 2.28. The van der Waals surface area contributed by atoms with Crippen molar-refractivity contribution in [3.63, 3.8) is 0 Å². The van der Waals surface area contributed by atoms with Gasteiger partial charge < -0.3 is 9.84 Å². The summed E-state index contributed by atoms with van der Waals surface area (Å²) in [5, 5.41) is 13.3. The van der Waals surface area contributed by atoms with E-state index >= 15 is 0 Å². The Labute approximate surface area is 129 Å². The number of ether oxygens (including phenoxy) is 1. The van der Waals surface area contributed by atoms with Crippen molar-refractivity contribution in [3.8, 4) is 5.75 Å². The lowest BCUT2D eigenvalue weighted by atomic mass is 9.92. The Morgan fingerprint density at radius 2 is 2.27 bits per heavy atom. The molecule has 2 atom stereocenters. The fraction of sp³-hybridized carbons (Fsp3) is 0.500. The predicted octanol–water partition coefficient (Wildman–Crippen LogP) is 2.01. The lowest BCUT2D eigenvalue weighted by Crippen LogP contribution is -2.32. The number of benzene rings is 1. The maximum atomic E-state index is 14.8. The number of nitrogens with zero attached hydrogens (tertiary/aromatic N) is 1. The SMILES string of the molecule is CCc1c(OCC(C)O)ccc(C2=NNC(=O)CC2C)c1F. The van der Waals surface area contributed by atoms with Gasteiger partial charge in [-0.1, -0.05) is 13.8 Å². The Morgan fingerprint density at radius 1 is 1.55 bits per heavy atom. The summed E-state index contributed by atoms with van der Waals surface area (Å²) in [6.07, 6.45) is 0.133. The number of aliphatic hydroxyl groups is 1. The highest BCUT2D eigenvalue weighted by molar-refractivity contribution is 6.06. The minimum Gasteiger partial charge on any atom is -0.491 e. The summed E-state index contributed by atoms with van der Waals surface area (Å²) in [6, 6.07) is 3.30. The summed E-state index contributed by atoms with van der Waals surface area (Å²) in [7, 11) is 0. The van der Waals surface area contributed by atoms with Crippen LogP contribution in [0.2, 0.25) is 0 Å². The van der Waals surface area contributed by atoms with Crippen molar-refractivity contribution in [2.45, 2.75) is 39.7 Å². The first kappa shape index (κ1) is 16.4. The van der Waals surface area contributed by atoms with Gasteiger partial charge >= 0.3 is 0 Å². The van der Waals surface area contributed by atoms with Crippen LogP contribution in [0.4, 0.5) is 4.39 Å². The highest BCUT2D eigenvalue weighted by atomic mass is 19.1. The van der Waals surface area contributed by atoms with Crippen LogP contribution in [0, 0.1) is 11.7 Å². The number of hydrazone groups is 1. The molecule has 0 radical (unpaired) electrons. The first-order chi connectivity index (χ1) is 10.4. The van der Waals surface area contributed by atoms with E-state index in [9.17, 15) is 14.3 Å². The number of hydrogen-bond donors (Lipinski definition) is 2. The van der Waals surface area contributed by atoms with Crippen molar-refractivity contribution < 1.29 is 19.0 Å². The van der Waals surface area contributed by atoms with Gasteiger partial charge in [0.1, 0.15) is 18.2 Å². The van der Waals surface area contributed by atoms with Crippen molar-refractivity contribution in [1.82, 2.24) is 5.43 Å². The van der Waals surface area contributed by atoms with Gasteiger partial charge in [-0.15, -0.1) is 0 Å². The number of hydrogen-bond acceptors (Lipinski definition) is 4. The van der Waals surface area contributed by atoms with Crippen molar-refractivity contribution in [2.75, 3.05) is 6.61 Å². The van der Waals surface area contributed by atoms with E-state index in [0.29, 0.717) is 35.4 Å². The van der Waals surface area contributed by atoms with Crippen LogP contribution in [-0.2, 0) is 11.2 Å². The molecule has 22 heavy (non-hydrogen) atoms. The summed E-state index contributed by atoms with van der Waals surface area (Å²) < 4.78 is 20.2. The number of halogens is 1. The summed E-state index contributed by atoms with van der Waals surface area (Å²) in [6.45, 7) is 5.41. The quantitative estimate of drug-likeness (QED) is 0.874. The molecule has 2 N–H and O–H groups in total. The Bertz CT molecular complexity index is 599. The Hall–Kier alpha value is -1.95. The van der Waals surface area contributed by atoms with Gasteiger partial charge in [-0.05, 0) is 25.5 Å². The summed E-state index contributed by atoms with van der Waals surface area (Å²) in [5.74, 6) is -0.258. The smallest absolute Gasteiger partial charge is 0.240 e. The predicted molar refractivity (Wildman–Crippen MR) is 81.4 cm³/mol. The zero-order valence-corrected chi connectivity index (χ0v) is 13.0. The molecular weight excluding hydrogens is 287 g/mol. The van der Waals surface area contributed by atoms with Gasteiger partial charge in [0.15, 0.2) is 0 Å². The molecule has 1 aliphatic rings. The molecule has 1 amide bonds. The van der Waals surface area contributed by atoms with Crippen LogP contribution < -0.4 is 10.2 Å². The van der Waals surface area contributed by atoms with Crippen LogP contribution in [0.5, 0.6) is 5.75 Å². The van der Waals surface area contributed by atoms with Crippen molar-refractivity contribution >= 4 is 11.6 Å². The maximum Gasteiger partial charge on any atom is 0.240 e. The largest absolute Gasteiger partial charge is 0.491 e. The molecule has 0 aromatic heterocycles. The second-order valence-electron chi connectivity index (χ2n) is 5.55. The lowest BCUT2D eigenvalue weighted by Gasteiger charge is -2.21. The topological polar surface area (TPSA) is 70.9 Å². The molecule has 0 fully saturated rings. The maximum absolute atomic E-state index is 14.8. The molecule has 0 saturated heterocycles. The standard InChI is InChI=1S/C16H21FN2O3/c1-4-11-13(22-8-10(3)20)6-5-12(15(11)17)16-9(2)7-14(21)18-19-16/h5-6,9-10,20H,4,7-8H2,1-3H3,(H,18,21). The molecule has 2 rings (SSSR count). The number of nitrogens with one attached hydrogen (secondary N) is 1. The molecule has 120 valence electrons. The van der Waals surface area contributed by atoms with E-state index in [1.165, 1.54) is 0 Å². The molecule has 0 bridgehead atoms. The first-order valence-corrected chi connectivity index (χ1v) is 7.43. The van der Waals surface area contributed by atoms with E-state index in [2.05, 4.69) is 10.5 Å². The number of rotatable bonds is 5. The first-order valence-electron chi connectivity index (χ1n) is 7.43. The second kappa shape index (κ2) is 6.87. The van der Waals surface area contributed by atoms with Crippen molar-refractivity contribution in [1.29, 1.82) is 0 Å². The van der Waals surface area contributed by atoms with Crippen LogP contribution in [0.15, 0.2) is 17.2 Å². The van der Waals surface area contributed by atoms with Gasteiger partial charge in [0, 0.05) is 23.5 Å². The molecule has 1 aromatic rings. The molecule has 6 heteroatoms. The summed E-state index contributed by atoms with van der Waals surface area (Å²) in [4.78, 5) is 11.3. The van der Waals surface area contributed by atoms with E-state index < -0.39 is 6.10 Å².